The van der Waals surface area contributed by atoms with E-state index in [1.165, 1.54) is 0 Å². The number of nitriles is 2. The summed E-state index contributed by atoms with van der Waals surface area (Å²) in [6, 6.07) is 1.77. The van der Waals surface area contributed by atoms with Crippen molar-refractivity contribution in [3.8, 4) is 12.1 Å². The Hall–Kier alpha value is -0.880. The number of nitrogens with zero attached hydrogens (tertiary/aromatic N) is 2. The average Bonchev–Trinajstić information content (AvgIpc) is 2.35. The number of aliphatic hydroxyl groups excluding tert-OH is 3. The molecule has 7 N–H and O–H groups in total. The van der Waals surface area contributed by atoms with Gasteiger partial charge in [0.25, 0.3) is 5.34 Å². The molecular weight excluding hydrogens is 334 g/mol. The largest absolute Gasteiger partial charge is 0.471 e. The van der Waals surface area contributed by atoms with Crippen molar-refractivity contribution < 1.29 is 48.5 Å². The number of hydrogen-bond donors (Lipinski definition) is 7. The minimum Gasteiger partial charge on any atom is -0.395 e. The quantitative estimate of drug-likeness (QED) is 0.185. The van der Waals surface area contributed by atoms with Crippen LogP contribution in [0.15, 0.2) is 0 Å². The molecule has 120 valence electrons. The highest BCUT2D eigenvalue weighted by Gasteiger charge is 2.69. The number of phosphoric acid groups is 1. The zero-order chi connectivity index (χ0) is 17.1. The van der Waals surface area contributed by atoms with Gasteiger partial charge in [-0.25, -0.2) is 4.57 Å². The van der Waals surface area contributed by atoms with Crippen LogP contribution in [0.1, 0.15) is 0 Å². The smallest absolute Gasteiger partial charge is 0.395 e. The zero-order valence-electron chi connectivity index (χ0n) is 10.1. The lowest BCUT2D eigenvalue weighted by molar-refractivity contribution is -0.109. The van der Waals surface area contributed by atoms with E-state index in [0.717, 1.165) is 12.1 Å². The fourth-order valence-electron chi connectivity index (χ4n) is 1.55. The molecule has 0 bridgehead atoms. The second-order valence-electron chi connectivity index (χ2n) is 3.89. The van der Waals surface area contributed by atoms with E-state index in [1.54, 1.807) is 0 Å². The molecule has 0 aromatic carbocycles. The van der Waals surface area contributed by atoms with Crippen LogP contribution in [0.2, 0.25) is 0 Å². The van der Waals surface area contributed by atoms with Crippen LogP contribution in [0.3, 0.4) is 0 Å². The van der Waals surface area contributed by atoms with E-state index in [9.17, 15) is 34.2 Å². The van der Waals surface area contributed by atoms with Crippen molar-refractivity contribution in [3.63, 3.8) is 0 Å². The molecule has 2 atom stereocenters. The highest BCUT2D eigenvalue weighted by atomic mass is 31.2. The highest BCUT2D eigenvalue weighted by molar-refractivity contribution is 7.55. The predicted molar refractivity (Wildman–Crippen MR) is 61.7 cm³/mol. The van der Waals surface area contributed by atoms with Crippen molar-refractivity contribution in [2.75, 3.05) is 13.2 Å². The van der Waals surface area contributed by atoms with Gasteiger partial charge in [-0.05, 0) is 0 Å². The maximum Gasteiger partial charge on any atom is 0.471 e. The van der Waals surface area contributed by atoms with Crippen LogP contribution in [-0.4, -0.2) is 59.6 Å². The van der Waals surface area contributed by atoms with Crippen molar-refractivity contribution in [3.05, 3.63) is 0 Å². The van der Waals surface area contributed by atoms with Crippen LogP contribution in [0, 0.1) is 28.1 Å². The summed E-state index contributed by atoms with van der Waals surface area (Å²) in [5.41, 5.74) is -3.09. The van der Waals surface area contributed by atoms with Crippen molar-refractivity contribution in [1.82, 2.24) is 0 Å². The molecule has 0 fully saturated rings. The molecule has 0 radical (unpaired) electrons. The first-order valence-corrected chi connectivity index (χ1v) is 8.04. The molecule has 14 heteroatoms. The molecule has 0 saturated carbocycles. The maximum atomic E-state index is 11.5. The van der Waals surface area contributed by atoms with Crippen LogP contribution in [-0.2, 0) is 13.7 Å². The molecular formula is C7H12N2O10P2. The molecule has 0 aliphatic heterocycles. The van der Waals surface area contributed by atoms with Crippen LogP contribution in [0.5, 0.6) is 0 Å². The molecule has 0 amide bonds. The molecule has 0 saturated heterocycles. The molecule has 0 aliphatic rings. The van der Waals surface area contributed by atoms with Crippen LogP contribution in [0.25, 0.3) is 0 Å². The van der Waals surface area contributed by atoms with E-state index in [4.69, 9.17) is 20.3 Å². The molecule has 21 heavy (non-hydrogen) atoms. The average molecular weight is 346 g/mol. The van der Waals surface area contributed by atoms with Crippen molar-refractivity contribution in [1.29, 1.82) is 10.5 Å². The van der Waals surface area contributed by atoms with Gasteiger partial charge in [-0.2, -0.15) is 10.5 Å². The van der Waals surface area contributed by atoms with E-state index in [-0.39, 0.29) is 0 Å². The van der Waals surface area contributed by atoms with Crippen molar-refractivity contribution >= 4 is 15.4 Å². The molecule has 0 heterocycles. The Labute approximate surface area is 117 Å². The predicted octanol–water partition coefficient (Wildman–Crippen LogP) is -2.65. The van der Waals surface area contributed by atoms with Crippen molar-refractivity contribution in [2.24, 2.45) is 5.41 Å². The Morgan fingerprint density at radius 3 is 1.71 bits per heavy atom. The van der Waals surface area contributed by atoms with Gasteiger partial charge >= 0.3 is 15.4 Å². The Morgan fingerprint density at radius 1 is 1.10 bits per heavy atom. The third-order valence-electron chi connectivity index (χ3n) is 2.70. The SMILES string of the molecule is N#CC(O)C(CO)(CO)C(C#N)(OP(=O)(O)O)P(=O)(O)O. The van der Waals surface area contributed by atoms with Gasteiger partial charge in [0, 0.05) is 0 Å². The van der Waals surface area contributed by atoms with Crippen LogP contribution in [0.4, 0.5) is 0 Å². The lowest BCUT2D eigenvalue weighted by atomic mass is 9.78. The van der Waals surface area contributed by atoms with E-state index in [1.807, 2.05) is 0 Å². The lowest BCUT2D eigenvalue weighted by Gasteiger charge is -2.43. The zero-order valence-corrected chi connectivity index (χ0v) is 11.9. The van der Waals surface area contributed by atoms with E-state index >= 15 is 0 Å². The van der Waals surface area contributed by atoms with Gasteiger partial charge in [-0.1, -0.05) is 0 Å². The number of aliphatic hydroxyl groups is 3. The van der Waals surface area contributed by atoms with E-state index in [0.29, 0.717) is 0 Å². The Balaban J connectivity index is 6.64. The van der Waals surface area contributed by atoms with Gasteiger partial charge in [0.2, 0.25) is 0 Å². The van der Waals surface area contributed by atoms with Gasteiger partial charge in [0.1, 0.15) is 11.5 Å². The van der Waals surface area contributed by atoms with E-state index < -0.39 is 45.5 Å². The number of rotatable bonds is 7. The monoisotopic (exact) mass is 346 g/mol. The van der Waals surface area contributed by atoms with Gasteiger partial charge in [-0.3, -0.25) is 9.09 Å². The Morgan fingerprint density at radius 2 is 1.52 bits per heavy atom. The molecule has 0 spiro atoms. The molecule has 12 nitrogen and oxygen atoms in total. The summed E-state index contributed by atoms with van der Waals surface area (Å²) in [5, 5.41) is 41.6. The molecule has 0 rings (SSSR count). The number of phosphoric ester groups is 1. The first-order valence-electron chi connectivity index (χ1n) is 4.90. The fourth-order valence-corrected chi connectivity index (χ4v) is 3.83. The summed E-state index contributed by atoms with van der Waals surface area (Å²) in [5.74, 6) is 0. The summed E-state index contributed by atoms with van der Waals surface area (Å²) >= 11 is 0. The summed E-state index contributed by atoms with van der Waals surface area (Å²) < 4.78 is 26.2. The lowest BCUT2D eigenvalue weighted by Crippen LogP contribution is -2.59. The number of hydrogen-bond acceptors (Lipinski definition) is 8. The van der Waals surface area contributed by atoms with Gasteiger partial charge in [-0.15, -0.1) is 0 Å². The summed E-state index contributed by atoms with van der Waals surface area (Å²) in [6.07, 6.45) is -2.59. The maximum absolute atomic E-state index is 11.5. The van der Waals surface area contributed by atoms with Crippen molar-refractivity contribution in [2.45, 2.75) is 11.4 Å². The topological polar surface area (TPSA) is 233 Å². The molecule has 0 aromatic heterocycles. The van der Waals surface area contributed by atoms with Crippen LogP contribution < -0.4 is 0 Å². The Kier molecular flexibility index (Phi) is 6.21. The molecule has 0 aromatic rings. The minimum atomic E-state index is -5.93. The normalized spacial score (nSPS) is 17.4. The third kappa shape index (κ3) is 3.48. The Bertz CT molecular complexity index is 551. The second-order valence-corrected chi connectivity index (χ2v) is 6.77. The fraction of sp³-hybridized carbons (Fsp3) is 0.714. The summed E-state index contributed by atoms with van der Waals surface area (Å²) in [4.78, 5) is 35.9. The van der Waals surface area contributed by atoms with Gasteiger partial charge < -0.3 is 34.9 Å². The first-order chi connectivity index (χ1) is 9.37. The van der Waals surface area contributed by atoms with Crippen LogP contribution >= 0.6 is 15.4 Å². The van der Waals surface area contributed by atoms with Gasteiger partial charge in [0.15, 0.2) is 6.10 Å². The van der Waals surface area contributed by atoms with Gasteiger partial charge in [0.05, 0.1) is 19.3 Å². The first kappa shape index (κ1) is 20.1. The second kappa shape index (κ2) is 6.48. The summed E-state index contributed by atoms with van der Waals surface area (Å²) in [6.45, 7) is -3.20. The minimum absolute atomic E-state index is 0.761. The third-order valence-corrected chi connectivity index (χ3v) is 4.81. The molecule has 2 unspecified atom stereocenters. The molecule has 0 aliphatic carbocycles. The van der Waals surface area contributed by atoms with E-state index in [2.05, 4.69) is 4.52 Å². The standard InChI is InChI=1S/C7H12N2O10P2/c8-1-5(12)6(3-10,4-11)7(2-9,20(13,14)15)19-21(16,17)18/h5,10-12H,3-4H2,(H2,13,14,15)(H2,16,17,18). The summed E-state index contributed by atoms with van der Waals surface area (Å²) in [7, 11) is -11.7. The highest BCUT2D eigenvalue weighted by Crippen LogP contribution is 2.65.